The third kappa shape index (κ3) is 6.19. The number of β-lactam (4-membered cyclic amide) rings is 1. The molecule has 3 aromatic rings. The third-order valence-electron chi connectivity index (χ3n) is 6.43. The highest BCUT2D eigenvalue weighted by Gasteiger charge is 2.61. The molecule has 0 unspecified atom stereocenters. The van der Waals surface area contributed by atoms with Crippen LogP contribution in [0.5, 0.6) is 11.5 Å². The minimum absolute atomic E-state index is 0.0937. The van der Waals surface area contributed by atoms with Crippen LogP contribution in [0.2, 0.25) is 19.6 Å². The average molecular weight is 526 g/mol. The smallest absolute Gasteiger partial charge is 0.263 e. The summed E-state index contributed by atoms with van der Waals surface area (Å²) in [7, 11) is 1.63. The van der Waals surface area contributed by atoms with Crippen LogP contribution in [0.1, 0.15) is 17.5 Å². The summed E-state index contributed by atoms with van der Waals surface area (Å²) in [5.41, 5.74) is 5.13. The molecule has 0 N–H and O–H groups in total. The van der Waals surface area contributed by atoms with E-state index in [0.29, 0.717) is 6.42 Å². The summed E-state index contributed by atoms with van der Waals surface area (Å²) in [4.78, 5) is 15.8. The Hall–Kier alpha value is -3.79. The van der Waals surface area contributed by atoms with Crippen LogP contribution in [0.15, 0.2) is 84.9 Å². The van der Waals surface area contributed by atoms with Crippen molar-refractivity contribution in [3.05, 3.63) is 96.1 Å². The van der Waals surface area contributed by atoms with Gasteiger partial charge < -0.3 is 14.2 Å². The Kier molecular flexibility index (Phi) is 8.41. The number of benzene rings is 3. The van der Waals surface area contributed by atoms with Gasteiger partial charge in [-0.05, 0) is 47.5 Å². The first-order valence-electron chi connectivity index (χ1n) is 12.7. The van der Waals surface area contributed by atoms with Gasteiger partial charge in [0.1, 0.15) is 19.6 Å². The van der Waals surface area contributed by atoms with Crippen molar-refractivity contribution in [2.45, 2.75) is 44.3 Å². The molecule has 4 rings (SSSR count). The molecule has 0 bridgehead atoms. The minimum Gasteiger partial charge on any atom is -0.497 e. The Morgan fingerprint density at radius 1 is 0.895 bits per heavy atom. The van der Waals surface area contributed by atoms with Crippen LogP contribution in [0.4, 0.5) is 5.69 Å². The van der Waals surface area contributed by atoms with Crippen LogP contribution in [-0.2, 0) is 16.1 Å². The molecule has 1 aliphatic rings. The Labute approximate surface area is 227 Å². The van der Waals surface area contributed by atoms with E-state index in [1.165, 1.54) is 0 Å². The van der Waals surface area contributed by atoms with Crippen LogP contribution < -0.4 is 14.4 Å². The number of methoxy groups -OCH3 is 2. The molecule has 1 saturated heterocycles. The minimum atomic E-state index is -1.64. The molecule has 0 spiro atoms. The van der Waals surface area contributed by atoms with Crippen molar-refractivity contribution in [2.24, 2.45) is 0 Å². The zero-order chi connectivity index (χ0) is 27.2. The molecule has 2 atom stereocenters. The lowest BCUT2D eigenvalue weighted by Gasteiger charge is -2.53. The molecule has 0 aliphatic carbocycles. The fraction of sp³-hybridized carbons (Fsp3) is 0.281. The van der Waals surface area contributed by atoms with E-state index in [2.05, 4.69) is 37.2 Å². The van der Waals surface area contributed by atoms with Crippen molar-refractivity contribution in [2.75, 3.05) is 19.1 Å². The van der Waals surface area contributed by atoms with E-state index in [-0.39, 0.29) is 18.6 Å². The summed E-state index contributed by atoms with van der Waals surface area (Å²) in [5, 5.41) is 0. The second kappa shape index (κ2) is 11.7. The third-order valence-corrected chi connectivity index (χ3v) is 7.35. The quantitative estimate of drug-likeness (QED) is 0.185. The Balaban J connectivity index is 1.72. The maximum absolute atomic E-state index is 14.0. The molecule has 5 nitrogen and oxygen atoms in total. The Morgan fingerprint density at radius 2 is 1.50 bits per heavy atom. The maximum atomic E-state index is 14.0. The lowest BCUT2D eigenvalue weighted by Crippen LogP contribution is -2.74. The van der Waals surface area contributed by atoms with Crippen molar-refractivity contribution in [1.82, 2.24) is 0 Å². The summed E-state index contributed by atoms with van der Waals surface area (Å²) < 4.78 is 17.2. The maximum Gasteiger partial charge on any atom is 0.263 e. The van der Waals surface area contributed by atoms with Gasteiger partial charge in [0, 0.05) is 12.1 Å². The van der Waals surface area contributed by atoms with Crippen molar-refractivity contribution in [3.8, 4) is 23.0 Å². The molecule has 0 saturated carbocycles. The molecular weight excluding hydrogens is 490 g/mol. The van der Waals surface area contributed by atoms with Crippen molar-refractivity contribution >= 4 is 25.7 Å². The molecular formula is C32H35NO4Si. The van der Waals surface area contributed by atoms with Gasteiger partial charge in [-0.25, -0.2) is 0 Å². The standard InChI is InChI=1S/C32H35NO4Si/c1-35-28-17-12-26(13-18-28)24-37-32(22-9-23-38(3,4)5)30(21-14-25-10-7-6-8-11-25)33(31(32)34)27-15-19-29(36-2)20-16-27/h6-8,10-21,30H,22,24H2,1-5H3/b21-14+/t30-,32+/m0/s1. The molecule has 0 aromatic heterocycles. The fourth-order valence-electron chi connectivity index (χ4n) is 4.38. The van der Waals surface area contributed by atoms with Crippen molar-refractivity contribution < 1.29 is 19.0 Å². The highest BCUT2D eigenvalue weighted by Crippen LogP contribution is 2.43. The van der Waals surface area contributed by atoms with E-state index in [1.54, 1.807) is 19.1 Å². The topological polar surface area (TPSA) is 48.0 Å². The van der Waals surface area contributed by atoms with E-state index in [9.17, 15) is 4.79 Å². The molecule has 0 radical (unpaired) electrons. The second-order valence-electron chi connectivity index (χ2n) is 10.3. The largest absolute Gasteiger partial charge is 0.497 e. The second-order valence-corrected chi connectivity index (χ2v) is 15.1. The van der Waals surface area contributed by atoms with Gasteiger partial charge in [0.05, 0.1) is 26.9 Å². The van der Waals surface area contributed by atoms with E-state index in [1.807, 2.05) is 84.9 Å². The number of carbonyl (C=O) groups is 1. The molecule has 1 amide bonds. The van der Waals surface area contributed by atoms with Gasteiger partial charge in [0.25, 0.3) is 5.91 Å². The molecule has 1 heterocycles. The van der Waals surface area contributed by atoms with Gasteiger partial charge in [-0.3, -0.25) is 9.69 Å². The van der Waals surface area contributed by atoms with Gasteiger partial charge in [-0.2, -0.15) is 0 Å². The summed E-state index contributed by atoms with van der Waals surface area (Å²) >= 11 is 0. The number of anilines is 1. The summed E-state index contributed by atoms with van der Waals surface area (Å²) in [6, 6.07) is 25.0. The number of amides is 1. The molecule has 38 heavy (non-hydrogen) atoms. The monoisotopic (exact) mass is 525 g/mol. The first-order chi connectivity index (χ1) is 18.3. The summed E-state index contributed by atoms with van der Waals surface area (Å²) in [5.74, 6) is 4.76. The molecule has 3 aromatic carbocycles. The zero-order valence-corrected chi connectivity index (χ0v) is 23.7. The van der Waals surface area contributed by atoms with E-state index < -0.39 is 13.7 Å². The highest BCUT2D eigenvalue weighted by atomic mass is 28.3. The lowest BCUT2D eigenvalue weighted by atomic mass is 9.78. The summed E-state index contributed by atoms with van der Waals surface area (Å²) in [6.45, 7) is 6.88. The van der Waals surface area contributed by atoms with Crippen molar-refractivity contribution in [1.29, 1.82) is 0 Å². The predicted molar refractivity (Wildman–Crippen MR) is 156 cm³/mol. The number of ether oxygens (including phenoxy) is 3. The first kappa shape index (κ1) is 27.2. The number of rotatable bonds is 9. The lowest BCUT2D eigenvalue weighted by molar-refractivity contribution is -0.162. The van der Waals surface area contributed by atoms with Gasteiger partial charge in [-0.15, -0.1) is 11.5 Å². The van der Waals surface area contributed by atoms with Crippen LogP contribution in [0.25, 0.3) is 6.08 Å². The van der Waals surface area contributed by atoms with Gasteiger partial charge in [0.15, 0.2) is 5.60 Å². The number of hydrogen-bond acceptors (Lipinski definition) is 4. The summed E-state index contributed by atoms with van der Waals surface area (Å²) in [6.07, 6.45) is 4.43. The molecule has 196 valence electrons. The number of nitrogens with zero attached hydrogens (tertiary/aromatic N) is 1. The van der Waals surface area contributed by atoms with Gasteiger partial charge in [0.2, 0.25) is 0 Å². The van der Waals surface area contributed by atoms with Crippen LogP contribution in [-0.4, -0.2) is 39.8 Å². The number of hydrogen-bond donors (Lipinski definition) is 0. The molecule has 1 fully saturated rings. The van der Waals surface area contributed by atoms with Gasteiger partial charge >= 0.3 is 0 Å². The fourth-order valence-corrected chi connectivity index (χ4v) is 5.00. The van der Waals surface area contributed by atoms with Crippen LogP contribution in [0, 0.1) is 11.5 Å². The van der Waals surface area contributed by atoms with E-state index >= 15 is 0 Å². The van der Waals surface area contributed by atoms with Crippen LogP contribution >= 0.6 is 0 Å². The highest BCUT2D eigenvalue weighted by molar-refractivity contribution is 6.83. The molecule has 1 aliphatic heterocycles. The Morgan fingerprint density at radius 3 is 2.08 bits per heavy atom. The number of carbonyl (C=O) groups excluding carboxylic acids is 1. The first-order valence-corrected chi connectivity index (χ1v) is 16.2. The average Bonchev–Trinajstić information content (AvgIpc) is 2.93. The van der Waals surface area contributed by atoms with E-state index in [4.69, 9.17) is 14.2 Å². The van der Waals surface area contributed by atoms with Gasteiger partial charge in [-0.1, -0.05) is 74.3 Å². The zero-order valence-electron chi connectivity index (χ0n) is 22.7. The molecule has 6 heteroatoms. The van der Waals surface area contributed by atoms with E-state index in [0.717, 1.165) is 28.3 Å². The van der Waals surface area contributed by atoms with Crippen molar-refractivity contribution in [3.63, 3.8) is 0 Å². The Bertz CT molecular complexity index is 1320. The van der Waals surface area contributed by atoms with Crippen LogP contribution in [0.3, 0.4) is 0 Å². The SMILES string of the molecule is COc1ccc(CO[C@@]2(CC#C[Si](C)(C)C)C(=O)N(c3ccc(OC)cc3)[C@H]2/C=C/c2ccccc2)cc1. The normalized spacial score (nSPS) is 19.0. The predicted octanol–water partition coefficient (Wildman–Crippen LogP) is 6.36.